The highest BCUT2D eigenvalue weighted by molar-refractivity contribution is 5.75. The standard InChI is InChI=1S/C12H17NO2/c1-9-5-3-4-6-10(9)7-12(2,8-13)11(14)15/h3-6H,7-8,13H2,1-2H3,(H,14,15). The molecular formula is C12H17NO2. The number of aryl methyl sites for hydroxylation is 1. The summed E-state index contributed by atoms with van der Waals surface area (Å²) in [5, 5.41) is 9.10. The van der Waals surface area contributed by atoms with Gasteiger partial charge in [-0.15, -0.1) is 0 Å². The Balaban J connectivity index is 2.94. The molecule has 1 rings (SSSR count). The van der Waals surface area contributed by atoms with Crippen molar-refractivity contribution < 1.29 is 9.90 Å². The van der Waals surface area contributed by atoms with Crippen molar-refractivity contribution in [1.82, 2.24) is 0 Å². The van der Waals surface area contributed by atoms with E-state index >= 15 is 0 Å². The zero-order valence-corrected chi connectivity index (χ0v) is 9.16. The van der Waals surface area contributed by atoms with Crippen LogP contribution >= 0.6 is 0 Å². The molecule has 0 aliphatic heterocycles. The lowest BCUT2D eigenvalue weighted by Gasteiger charge is -2.23. The number of benzene rings is 1. The van der Waals surface area contributed by atoms with Gasteiger partial charge in [0.25, 0.3) is 0 Å². The fraction of sp³-hybridized carbons (Fsp3) is 0.417. The van der Waals surface area contributed by atoms with Gasteiger partial charge in [-0.2, -0.15) is 0 Å². The van der Waals surface area contributed by atoms with Crippen LogP contribution in [0.2, 0.25) is 0 Å². The molecule has 0 radical (unpaired) electrons. The van der Waals surface area contributed by atoms with E-state index in [9.17, 15) is 4.79 Å². The molecule has 1 aromatic carbocycles. The molecule has 0 bridgehead atoms. The number of carbonyl (C=O) groups is 1. The van der Waals surface area contributed by atoms with Crippen LogP contribution in [-0.2, 0) is 11.2 Å². The fourth-order valence-corrected chi connectivity index (χ4v) is 1.46. The molecule has 0 fully saturated rings. The van der Waals surface area contributed by atoms with E-state index in [1.54, 1.807) is 6.92 Å². The molecule has 0 aliphatic rings. The topological polar surface area (TPSA) is 63.3 Å². The second-order valence-corrected chi connectivity index (χ2v) is 4.17. The molecule has 1 atom stereocenters. The van der Waals surface area contributed by atoms with Crippen molar-refractivity contribution in [2.24, 2.45) is 11.1 Å². The van der Waals surface area contributed by atoms with E-state index < -0.39 is 11.4 Å². The third-order valence-corrected chi connectivity index (χ3v) is 2.81. The van der Waals surface area contributed by atoms with Crippen LogP contribution in [0.3, 0.4) is 0 Å². The summed E-state index contributed by atoms with van der Waals surface area (Å²) in [6, 6.07) is 7.79. The fourth-order valence-electron chi connectivity index (χ4n) is 1.46. The van der Waals surface area contributed by atoms with Gasteiger partial charge in [0.05, 0.1) is 5.41 Å². The zero-order valence-electron chi connectivity index (χ0n) is 9.16. The van der Waals surface area contributed by atoms with Gasteiger partial charge in [0.15, 0.2) is 0 Å². The largest absolute Gasteiger partial charge is 0.481 e. The molecule has 82 valence electrons. The average molecular weight is 207 g/mol. The number of rotatable bonds is 4. The molecule has 0 aliphatic carbocycles. The molecule has 0 spiro atoms. The Labute approximate surface area is 89.9 Å². The van der Waals surface area contributed by atoms with Crippen molar-refractivity contribution in [3.8, 4) is 0 Å². The van der Waals surface area contributed by atoms with Gasteiger partial charge in [0.1, 0.15) is 0 Å². The van der Waals surface area contributed by atoms with E-state index in [0.717, 1.165) is 11.1 Å². The van der Waals surface area contributed by atoms with Gasteiger partial charge >= 0.3 is 5.97 Å². The Hall–Kier alpha value is -1.35. The monoisotopic (exact) mass is 207 g/mol. The van der Waals surface area contributed by atoms with Crippen LogP contribution in [0.4, 0.5) is 0 Å². The van der Waals surface area contributed by atoms with Crippen molar-refractivity contribution in [2.75, 3.05) is 6.54 Å². The maximum atomic E-state index is 11.1. The van der Waals surface area contributed by atoms with Crippen LogP contribution in [0.5, 0.6) is 0 Å². The second kappa shape index (κ2) is 4.45. The Kier molecular flexibility index (Phi) is 3.48. The molecule has 3 nitrogen and oxygen atoms in total. The smallest absolute Gasteiger partial charge is 0.310 e. The average Bonchev–Trinajstić information content (AvgIpc) is 2.21. The minimum absolute atomic E-state index is 0.149. The Morgan fingerprint density at radius 2 is 2.07 bits per heavy atom. The molecule has 0 heterocycles. The molecule has 0 saturated carbocycles. The third kappa shape index (κ3) is 2.57. The number of nitrogens with two attached hydrogens (primary N) is 1. The van der Waals surface area contributed by atoms with Crippen LogP contribution in [-0.4, -0.2) is 17.6 Å². The molecule has 3 N–H and O–H groups in total. The maximum absolute atomic E-state index is 11.1. The third-order valence-electron chi connectivity index (χ3n) is 2.81. The Bertz CT molecular complexity index is 362. The van der Waals surface area contributed by atoms with Crippen molar-refractivity contribution in [2.45, 2.75) is 20.3 Å². The lowest BCUT2D eigenvalue weighted by molar-refractivity contribution is -0.147. The number of carboxylic acid groups (broad SMARTS) is 1. The van der Waals surface area contributed by atoms with Gasteiger partial charge in [0.2, 0.25) is 0 Å². The Morgan fingerprint density at radius 1 is 1.47 bits per heavy atom. The van der Waals surface area contributed by atoms with Gasteiger partial charge in [-0.05, 0) is 31.4 Å². The van der Waals surface area contributed by atoms with E-state index in [4.69, 9.17) is 10.8 Å². The Morgan fingerprint density at radius 3 is 2.53 bits per heavy atom. The summed E-state index contributed by atoms with van der Waals surface area (Å²) in [6.07, 6.45) is 0.478. The van der Waals surface area contributed by atoms with Crippen molar-refractivity contribution >= 4 is 5.97 Å². The summed E-state index contributed by atoms with van der Waals surface area (Å²) in [7, 11) is 0. The van der Waals surface area contributed by atoms with Crippen LogP contribution < -0.4 is 5.73 Å². The van der Waals surface area contributed by atoms with Gasteiger partial charge in [0, 0.05) is 6.54 Å². The maximum Gasteiger partial charge on any atom is 0.310 e. The first kappa shape index (κ1) is 11.7. The highest BCUT2D eigenvalue weighted by atomic mass is 16.4. The quantitative estimate of drug-likeness (QED) is 0.788. The summed E-state index contributed by atoms with van der Waals surface area (Å²) < 4.78 is 0. The van der Waals surface area contributed by atoms with Gasteiger partial charge in [-0.25, -0.2) is 0 Å². The lowest BCUT2D eigenvalue weighted by atomic mass is 9.82. The van der Waals surface area contributed by atoms with Gasteiger partial charge < -0.3 is 10.8 Å². The minimum atomic E-state index is -0.869. The molecule has 0 amide bonds. The first-order valence-electron chi connectivity index (χ1n) is 4.97. The summed E-state index contributed by atoms with van der Waals surface area (Å²) in [5.74, 6) is -0.840. The molecule has 3 heteroatoms. The summed E-state index contributed by atoms with van der Waals surface area (Å²) in [5.41, 5.74) is 6.81. The summed E-state index contributed by atoms with van der Waals surface area (Å²) >= 11 is 0. The highest BCUT2D eigenvalue weighted by Gasteiger charge is 2.31. The lowest BCUT2D eigenvalue weighted by Crippen LogP contribution is -2.37. The van der Waals surface area contributed by atoms with E-state index in [0.29, 0.717) is 6.42 Å². The van der Waals surface area contributed by atoms with Crippen molar-refractivity contribution in [3.05, 3.63) is 35.4 Å². The van der Waals surface area contributed by atoms with E-state index in [1.165, 1.54) is 0 Å². The van der Waals surface area contributed by atoms with Crippen LogP contribution in [0.25, 0.3) is 0 Å². The molecular weight excluding hydrogens is 190 g/mol. The minimum Gasteiger partial charge on any atom is -0.481 e. The number of aliphatic carboxylic acids is 1. The predicted molar refractivity (Wildman–Crippen MR) is 59.7 cm³/mol. The second-order valence-electron chi connectivity index (χ2n) is 4.17. The number of carboxylic acids is 1. The predicted octanol–water partition coefficient (Wildman–Crippen LogP) is 1.59. The van der Waals surface area contributed by atoms with Crippen LogP contribution in [0, 0.1) is 12.3 Å². The first-order chi connectivity index (χ1) is 6.99. The summed E-state index contributed by atoms with van der Waals surface area (Å²) in [6.45, 7) is 3.81. The molecule has 1 aromatic rings. The first-order valence-corrected chi connectivity index (χ1v) is 4.97. The molecule has 1 unspecified atom stereocenters. The van der Waals surface area contributed by atoms with Crippen molar-refractivity contribution in [1.29, 1.82) is 0 Å². The van der Waals surface area contributed by atoms with E-state index in [1.807, 2.05) is 31.2 Å². The zero-order chi connectivity index (χ0) is 11.5. The molecule has 0 saturated heterocycles. The molecule has 15 heavy (non-hydrogen) atoms. The van der Waals surface area contributed by atoms with Crippen LogP contribution in [0.15, 0.2) is 24.3 Å². The van der Waals surface area contributed by atoms with Gasteiger partial charge in [-0.3, -0.25) is 4.79 Å². The molecule has 0 aromatic heterocycles. The van der Waals surface area contributed by atoms with Crippen molar-refractivity contribution in [3.63, 3.8) is 0 Å². The van der Waals surface area contributed by atoms with E-state index in [-0.39, 0.29) is 6.54 Å². The number of hydrogen-bond donors (Lipinski definition) is 2. The summed E-state index contributed by atoms with van der Waals surface area (Å²) in [4.78, 5) is 11.1. The van der Waals surface area contributed by atoms with Gasteiger partial charge in [-0.1, -0.05) is 24.3 Å². The van der Waals surface area contributed by atoms with Crippen LogP contribution in [0.1, 0.15) is 18.1 Å². The number of hydrogen-bond acceptors (Lipinski definition) is 2. The normalized spacial score (nSPS) is 14.6. The van der Waals surface area contributed by atoms with E-state index in [2.05, 4.69) is 0 Å². The SMILES string of the molecule is Cc1ccccc1CC(C)(CN)C(=O)O. The highest BCUT2D eigenvalue weighted by Crippen LogP contribution is 2.23.